The van der Waals surface area contributed by atoms with E-state index in [4.69, 9.17) is 19.3 Å². The van der Waals surface area contributed by atoms with Crippen molar-refractivity contribution >= 4 is 48.0 Å². The highest BCUT2D eigenvalue weighted by atomic mass is 35.5. The van der Waals surface area contributed by atoms with Gasteiger partial charge in [-0.15, -0.1) is 0 Å². The molecule has 2 bridgehead atoms. The third-order valence-electron chi connectivity index (χ3n) is 13.1. The van der Waals surface area contributed by atoms with E-state index in [0.29, 0.717) is 17.9 Å². The number of allylic oxidation sites excluding steroid dienone is 1. The molecule has 53 heavy (non-hydrogen) atoms. The molecule has 8 rings (SSSR count). The molecule has 4 saturated heterocycles. The fourth-order valence-electron chi connectivity index (χ4n) is 9.76. The van der Waals surface area contributed by atoms with Gasteiger partial charge in [-0.25, -0.2) is 0 Å². The van der Waals surface area contributed by atoms with Crippen molar-refractivity contribution in [1.82, 2.24) is 4.90 Å². The number of aliphatic carboxylic acids is 1. The standard InChI is InChI=1S/C40H52N4O7Si.ClH/c1-6-52(7-2,8-3)51-27(5)35-37-26(4)29(38(40(47)48)42(37)39(35)46)11-10-22-49-31-12-9-13-32-36(31)30-15-14-28(23-33(30)50-32)24-43-16-19-44(20-17-43,21-18-43)25-34(41)45;/h9-15,23,26-27,35,37H,6-8,16-22,24-25H2,1-5H3,(H-2,41,45,47,48);1H/b11-10+;/t26-,27+,35+,37+,43?,44?;/m0./s1. The number of β-lactam (4-membered cyclic amide) rings is 1. The van der Waals surface area contributed by atoms with Crippen LogP contribution in [0.2, 0.25) is 18.1 Å². The Balaban J connectivity index is 0.00000481. The minimum atomic E-state index is -1.95. The number of hydrogen-bond acceptors (Lipinski definition) is 7. The second-order valence-corrected chi connectivity index (χ2v) is 20.5. The van der Waals surface area contributed by atoms with Gasteiger partial charge in [0.05, 0.1) is 35.1 Å². The Kier molecular flexibility index (Phi) is 10.9. The smallest absolute Gasteiger partial charge is 0.272 e. The molecule has 0 spiro atoms. The average Bonchev–Trinajstić information content (AvgIpc) is 3.62. The van der Waals surface area contributed by atoms with Crippen LogP contribution in [-0.2, 0) is 25.4 Å². The lowest BCUT2D eigenvalue weighted by atomic mass is 9.77. The third-order valence-corrected chi connectivity index (χ3v) is 17.8. The van der Waals surface area contributed by atoms with Gasteiger partial charge in [-0.3, -0.25) is 9.59 Å². The summed E-state index contributed by atoms with van der Waals surface area (Å²) in [7, 11) is -1.95. The van der Waals surface area contributed by atoms with E-state index in [0.717, 1.165) is 94.9 Å². The number of halogens is 1. The molecule has 2 aromatic carbocycles. The molecule has 4 fully saturated rings. The summed E-state index contributed by atoms with van der Waals surface area (Å²) in [4.78, 5) is 38.9. The van der Waals surface area contributed by atoms with Crippen LogP contribution in [-0.4, -0.2) is 105 Å². The number of carbonyl (C=O) groups is 3. The summed E-state index contributed by atoms with van der Waals surface area (Å²) in [5.74, 6) is -1.64. The van der Waals surface area contributed by atoms with Crippen molar-refractivity contribution in [3.05, 3.63) is 65.4 Å². The Labute approximate surface area is 319 Å². The van der Waals surface area contributed by atoms with E-state index in [-0.39, 0.29) is 60.5 Å². The number of benzene rings is 2. The lowest BCUT2D eigenvalue weighted by molar-refractivity contribution is -1.08. The number of nitrogens with two attached hydrogens (primary N) is 1. The molecular weight excluding hydrogens is 712 g/mol. The Hall–Kier alpha value is -3.68. The average molecular weight is 765 g/mol. The van der Waals surface area contributed by atoms with E-state index >= 15 is 0 Å². The minimum absolute atomic E-state index is 0. The number of amides is 2. The number of rotatable bonds is 15. The molecule has 3 aromatic rings. The molecule has 1 aromatic heterocycles. The van der Waals surface area contributed by atoms with Crippen LogP contribution in [0.4, 0.5) is 0 Å². The lowest BCUT2D eigenvalue weighted by Crippen LogP contribution is -3.00. The molecule has 2 amide bonds. The summed E-state index contributed by atoms with van der Waals surface area (Å²) in [6.45, 7) is 18.1. The van der Waals surface area contributed by atoms with Crippen LogP contribution in [0.15, 0.2) is 64.2 Å². The van der Waals surface area contributed by atoms with Gasteiger partial charge in [-0.1, -0.05) is 45.9 Å². The molecule has 0 aliphatic carbocycles. The van der Waals surface area contributed by atoms with E-state index in [1.807, 2.05) is 38.1 Å². The van der Waals surface area contributed by atoms with Gasteiger partial charge in [0, 0.05) is 16.9 Å². The Morgan fingerprint density at radius 3 is 2.32 bits per heavy atom. The van der Waals surface area contributed by atoms with Crippen LogP contribution in [0.3, 0.4) is 0 Å². The molecule has 286 valence electrons. The lowest BCUT2D eigenvalue weighted by Gasteiger charge is -2.55. The number of carboxylic acids is 1. The molecule has 11 nitrogen and oxygen atoms in total. The summed E-state index contributed by atoms with van der Waals surface area (Å²) in [6, 6.07) is 14.9. The molecule has 0 radical (unpaired) electrons. The fraction of sp³-hybridized carbons (Fsp3) is 0.525. The zero-order chi connectivity index (χ0) is 37.0. The second kappa shape index (κ2) is 14.9. The van der Waals surface area contributed by atoms with Gasteiger partial charge >= 0.3 is 0 Å². The van der Waals surface area contributed by atoms with Crippen molar-refractivity contribution in [2.75, 3.05) is 52.4 Å². The first-order chi connectivity index (χ1) is 24.9. The molecule has 5 aliphatic heterocycles. The highest BCUT2D eigenvalue weighted by molar-refractivity contribution is 6.73. The summed E-state index contributed by atoms with van der Waals surface area (Å²) < 4.78 is 21.1. The molecule has 0 saturated carbocycles. The van der Waals surface area contributed by atoms with Gasteiger partial charge in [0.1, 0.15) is 69.3 Å². The summed E-state index contributed by atoms with van der Waals surface area (Å²) in [5.41, 5.74) is 8.87. The topological polar surface area (TPSA) is 135 Å². The zero-order valence-electron chi connectivity index (χ0n) is 31.6. The van der Waals surface area contributed by atoms with E-state index in [2.05, 4.69) is 39.0 Å². The minimum Gasteiger partial charge on any atom is -1.00 e. The second-order valence-electron chi connectivity index (χ2n) is 15.8. The fourth-order valence-corrected chi connectivity index (χ4v) is 12.7. The summed E-state index contributed by atoms with van der Waals surface area (Å²) >= 11 is 0. The van der Waals surface area contributed by atoms with Crippen molar-refractivity contribution in [3.8, 4) is 5.75 Å². The normalized spacial score (nSPS) is 27.3. The molecule has 6 heterocycles. The Morgan fingerprint density at radius 2 is 1.70 bits per heavy atom. The maximum Gasteiger partial charge on any atom is 0.272 e. The van der Waals surface area contributed by atoms with Gasteiger partial charge in [0.15, 0.2) is 14.9 Å². The van der Waals surface area contributed by atoms with Crippen LogP contribution < -0.4 is 28.0 Å². The highest BCUT2D eigenvalue weighted by Gasteiger charge is 2.59. The largest absolute Gasteiger partial charge is 1.00 e. The number of carboxylic acid groups (broad SMARTS) is 1. The van der Waals surface area contributed by atoms with Gasteiger partial charge in [-0.05, 0) is 61.0 Å². The Bertz CT molecular complexity index is 1940. The number of ether oxygens (including phenoxy) is 1. The van der Waals surface area contributed by atoms with Crippen LogP contribution in [0.1, 0.15) is 40.2 Å². The molecule has 13 heteroatoms. The van der Waals surface area contributed by atoms with E-state index in [9.17, 15) is 19.5 Å². The highest BCUT2D eigenvalue weighted by Crippen LogP contribution is 2.48. The van der Waals surface area contributed by atoms with E-state index < -0.39 is 14.3 Å². The van der Waals surface area contributed by atoms with Crippen molar-refractivity contribution < 1.29 is 54.4 Å². The van der Waals surface area contributed by atoms with E-state index in [1.54, 1.807) is 6.08 Å². The van der Waals surface area contributed by atoms with Gasteiger partial charge in [-0.2, -0.15) is 0 Å². The number of hydrogen-bond donors (Lipinski definition) is 1. The van der Waals surface area contributed by atoms with Gasteiger partial charge in [0.25, 0.3) is 5.91 Å². The number of primary amides is 1. The molecular formula is C40H53ClN4O7Si. The maximum atomic E-state index is 13.4. The van der Waals surface area contributed by atoms with Gasteiger partial charge in [0.2, 0.25) is 5.91 Å². The molecule has 0 unspecified atom stereocenters. The van der Waals surface area contributed by atoms with Crippen molar-refractivity contribution in [3.63, 3.8) is 0 Å². The predicted molar refractivity (Wildman–Crippen MR) is 199 cm³/mol. The first-order valence-electron chi connectivity index (χ1n) is 19.1. The van der Waals surface area contributed by atoms with Crippen LogP contribution in [0.25, 0.3) is 21.9 Å². The van der Waals surface area contributed by atoms with Crippen molar-refractivity contribution in [2.45, 2.75) is 71.4 Å². The zero-order valence-corrected chi connectivity index (χ0v) is 33.3. The number of quaternary nitrogens is 2. The summed E-state index contributed by atoms with van der Waals surface area (Å²) in [5, 5.41) is 14.2. The number of fused-ring (bicyclic) bond motifs is 7. The molecule has 2 N–H and O–H groups in total. The van der Waals surface area contributed by atoms with Crippen LogP contribution in [0.5, 0.6) is 5.75 Å². The first-order valence-corrected chi connectivity index (χ1v) is 21.6. The summed E-state index contributed by atoms with van der Waals surface area (Å²) in [6.07, 6.45) is 3.31. The predicted octanol–water partition coefficient (Wildman–Crippen LogP) is 1.06. The number of furan rings is 1. The van der Waals surface area contributed by atoms with Crippen LogP contribution >= 0.6 is 0 Å². The van der Waals surface area contributed by atoms with Crippen molar-refractivity contribution in [1.29, 1.82) is 0 Å². The molecule has 5 aliphatic rings. The molecule has 4 atom stereocenters. The SMILES string of the molecule is CC[Si](CC)(CC)O[C@H](C)[C@H]1C(=O)N2C(C(=O)[O-])=C(/C=C/COc3cccc4oc5cc(C[N+]67CC[N+](CC(N)=O)(CC6)CC7)ccc5c34)[C@H](C)[C@H]12.[Cl-]. The van der Waals surface area contributed by atoms with Gasteiger partial charge < -0.3 is 55.5 Å². The maximum absolute atomic E-state index is 13.4. The first kappa shape index (κ1) is 39.0. The van der Waals surface area contributed by atoms with E-state index in [1.165, 1.54) is 10.5 Å². The Morgan fingerprint density at radius 1 is 1.04 bits per heavy atom. The van der Waals surface area contributed by atoms with Crippen molar-refractivity contribution in [2.24, 2.45) is 17.6 Å². The number of piperazine rings is 3. The monoisotopic (exact) mass is 764 g/mol. The number of nitrogens with zero attached hydrogens (tertiary/aromatic N) is 3. The quantitative estimate of drug-likeness (QED) is 0.139. The number of carbonyl (C=O) groups excluding carboxylic acids is 3. The van der Waals surface area contributed by atoms with Crippen LogP contribution in [0, 0.1) is 11.8 Å². The third kappa shape index (κ3) is 6.82.